The van der Waals surface area contributed by atoms with Crippen molar-refractivity contribution in [1.29, 1.82) is 0 Å². The van der Waals surface area contributed by atoms with Gasteiger partial charge in [-0.15, -0.1) is 24.0 Å². The lowest BCUT2D eigenvalue weighted by molar-refractivity contribution is 0.537. The van der Waals surface area contributed by atoms with Gasteiger partial charge in [-0.05, 0) is 31.0 Å². The molecule has 0 spiro atoms. The lowest BCUT2D eigenvalue weighted by Gasteiger charge is -2.18. The molecule has 0 fully saturated rings. The Labute approximate surface area is 169 Å². The predicted octanol–water partition coefficient (Wildman–Crippen LogP) is 2.98. The van der Waals surface area contributed by atoms with Crippen molar-refractivity contribution >= 4 is 40.0 Å². The van der Waals surface area contributed by atoms with Gasteiger partial charge in [0.15, 0.2) is 5.96 Å². The maximum atomic E-state index is 11.4. The van der Waals surface area contributed by atoms with Crippen molar-refractivity contribution in [2.24, 2.45) is 10.1 Å². The first-order valence-corrected chi connectivity index (χ1v) is 10.0. The third-order valence-corrected chi connectivity index (χ3v) is 4.70. The number of nitrogens with two attached hydrogens (primary N) is 1. The Balaban J connectivity index is 0.00000576. The minimum atomic E-state index is -3.68. The molecule has 1 atom stereocenters. The highest BCUT2D eigenvalue weighted by Gasteiger charge is 2.09. The zero-order chi connectivity index (χ0) is 18.0. The van der Waals surface area contributed by atoms with E-state index in [4.69, 9.17) is 5.14 Å². The van der Waals surface area contributed by atoms with Crippen LogP contribution >= 0.6 is 24.0 Å². The molecule has 25 heavy (non-hydrogen) atoms. The molecule has 0 radical (unpaired) electrons. The quantitative estimate of drug-likeness (QED) is 0.218. The van der Waals surface area contributed by atoms with Gasteiger partial charge in [-0.3, -0.25) is 4.99 Å². The van der Waals surface area contributed by atoms with Crippen LogP contribution in [0.3, 0.4) is 0 Å². The van der Waals surface area contributed by atoms with E-state index in [2.05, 4.69) is 29.5 Å². The van der Waals surface area contributed by atoms with Crippen molar-refractivity contribution < 1.29 is 8.42 Å². The molecule has 0 aliphatic heterocycles. The van der Waals surface area contributed by atoms with E-state index in [0.29, 0.717) is 18.5 Å². The molecule has 0 aliphatic carbocycles. The van der Waals surface area contributed by atoms with Crippen molar-refractivity contribution in [3.8, 4) is 0 Å². The van der Waals surface area contributed by atoms with E-state index in [1.807, 2.05) is 6.07 Å². The van der Waals surface area contributed by atoms with Crippen LogP contribution in [0.1, 0.15) is 51.5 Å². The van der Waals surface area contributed by atoms with Crippen LogP contribution in [-0.2, 0) is 16.6 Å². The van der Waals surface area contributed by atoms with Gasteiger partial charge in [0, 0.05) is 19.6 Å². The minimum Gasteiger partial charge on any atom is -0.354 e. The largest absolute Gasteiger partial charge is 0.354 e. The molecule has 144 valence electrons. The number of aliphatic imine (C=N–C) groups is 1. The number of unbranched alkanes of at least 4 members (excludes halogenated alkanes) is 3. The molecule has 0 saturated carbocycles. The summed E-state index contributed by atoms with van der Waals surface area (Å²) in [6.07, 6.45) is 6.08. The monoisotopic (exact) mass is 482 g/mol. The average Bonchev–Trinajstić information content (AvgIpc) is 2.55. The van der Waals surface area contributed by atoms with Gasteiger partial charge in [0.25, 0.3) is 0 Å². The number of halogens is 1. The molecule has 0 amide bonds. The lowest BCUT2D eigenvalue weighted by atomic mass is 10.1. The fourth-order valence-corrected chi connectivity index (χ4v) is 2.98. The van der Waals surface area contributed by atoms with Crippen LogP contribution in [0.2, 0.25) is 0 Å². The number of nitrogens with one attached hydrogen (secondary N) is 2. The molecule has 1 rings (SSSR count). The van der Waals surface area contributed by atoms with E-state index < -0.39 is 10.0 Å². The van der Waals surface area contributed by atoms with Gasteiger partial charge in [0.05, 0.1) is 4.90 Å². The first-order chi connectivity index (χ1) is 11.4. The molecule has 0 bridgehead atoms. The fourth-order valence-electron chi connectivity index (χ4n) is 2.40. The standard InChI is InChI=1S/C17H30N4O2S.HI/c1-4-5-6-7-9-14(2)21-17(19-3)20-13-15-10-8-11-16(12-15)24(18,22)23;/h8,10-12,14H,4-7,9,13H2,1-3H3,(H2,18,22,23)(H2,19,20,21);1H. The molecule has 6 nitrogen and oxygen atoms in total. The van der Waals surface area contributed by atoms with Crippen molar-refractivity contribution in [2.45, 2.75) is 63.4 Å². The van der Waals surface area contributed by atoms with E-state index >= 15 is 0 Å². The Morgan fingerprint density at radius 3 is 2.60 bits per heavy atom. The van der Waals surface area contributed by atoms with E-state index in [0.717, 1.165) is 12.0 Å². The number of hydrogen-bond donors (Lipinski definition) is 3. The summed E-state index contributed by atoms with van der Waals surface area (Å²) in [5.41, 5.74) is 0.833. The molecule has 8 heteroatoms. The Kier molecular flexibility index (Phi) is 12.0. The Morgan fingerprint density at radius 1 is 1.28 bits per heavy atom. The third-order valence-electron chi connectivity index (χ3n) is 3.78. The van der Waals surface area contributed by atoms with E-state index in [1.165, 1.54) is 31.7 Å². The highest BCUT2D eigenvalue weighted by Crippen LogP contribution is 2.09. The second-order valence-corrected chi connectivity index (χ2v) is 7.57. The Morgan fingerprint density at radius 2 is 2.00 bits per heavy atom. The highest BCUT2D eigenvalue weighted by atomic mass is 127. The van der Waals surface area contributed by atoms with E-state index in [9.17, 15) is 8.42 Å². The number of sulfonamides is 1. The Bertz CT molecular complexity index is 635. The second-order valence-electron chi connectivity index (χ2n) is 6.01. The summed E-state index contributed by atoms with van der Waals surface area (Å²) < 4.78 is 22.8. The number of benzene rings is 1. The van der Waals surface area contributed by atoms with Gasteiger partial charge in [-0.1, -0.05) is 44.7 Å². The summed E-state index contributed by atoms with van der Waals surface area (Å²) >= 11 is 0. The molecular weight excluding hydrogens is 451 g/mol. The van der Waals surface area contributed by atoms with Crippen LogP contribution in [-0.4, -0.2) is 27.5 Å². The van der Waals surface area contributed by atoms with E-state index in [-0.39, 0.29) is 28.9 Å². The smallest absolute Gasteiger partial charge is 0.238 e. The first kappa shape index (κ1) is 24.1. The normalized spacial score (nSPS) is 13.0. The van der Waals surface area contributed by atoms with Crippen LogP contribution in [0.4, 0.5) is 0 Å². The van der Waals surface area contributed by atoms with Crippen LogP contribution in [0.15, 0.2) is 34.2 Å². The summed E-state index contributed by atoms with van der Waals surface area (Å²) in [6, 6.07) is 6.93. The lowest BCUT2D eigenvalue weighted by Crippen LogP contribution is -2.41. The number of hydrogen-bond acceptors (Lipinski definition) is 3. The highest BCUT2D eigenvalue weighted by molar-refractivity contribution is 14.0. The SMILES string of the molecule is CCCCCCC(C)NC(=NC)NCc1cccc(S(N)(=O)=O)c1.I. The van der Waals surface area contributed by atoms with Crippen molar-refractivity contribution in [2.75, 3.05) is 7.05 Å². The fraction of sp³-hybridized carbons (Fsp3) is 0.588. The maximum Gasteiger partial charge on any atom is 0.238 e. The van der Waals surface area contributed by atoms with Crippen LogP contribution in [0, 0.1) is 0 Å². The maximum absolute atomic E-state index is 11.4. The topological polar surface area (TPSA) is 96.6 Å². The molecule has 0 saturated heterocycles. The van der Waals surface area contributed by atoms with Crippen LogP contribution in [0.5, 0.6) is 0 Å². The predicted molar refractivity (Wildman–Crippen MR) is 115 cm³/mol. The Hall–Kier alpha value is -0.870. The summed E-state index contributed by atoms with van der Waals surface area (Å²) in [4.78, 5) is 4.33. The van der Waals surface area contributed by atoms with Crippen LogP contribution < -0.4 is 15.8 Å². The summed E-state index contributed by atoms with van der Waals surface area (Å²) in [6.45, 7) is 4.82. The van der Waals surface area contributed by atoms with Crippen molar-refractivity contribution in [3.63, 3.8) is 0 Å². The van der Waals surface area contributed by atoms with Gasteiger partial charge in [-0.25, -0.2) is 13.6 Å². The number of primary sulfonamides is 1. The average molecular weight is 482 g/mol. The molecular formula is C17H31IN4O2S. The number of nitrogens with zero attached hydrogens (tertiary/aromatic N) is 1. The summed E-state index contributed by atoms with van der Waals surface area (Å²) in [5.74, 6) is 0.707. The molecule has 0 heterocycles. The van der Waals surface area contributed by atoms with Crippen LogP contribution in [0.25, 0.3) is 0 Å². The zero-order valence-electron chi connectivity index (χ0n) is 15.3. The molecule has 0 aliphatic rings. The number of guanidine groups is 1. The van der Waals surface area contributed by atoms with Gasteiger partial charge in [-0.2, -0.15) is 0 Å². The van der Waals surface area contributed by atoms with E-state index in [1.54, 1.807) is 19.2 Å². The summed E-state index contributed by atoms with van der Waals surface area (Å²) in [5, 5.41) is 11.7. The second kappa shape index (κ2) is 12.5. The third kappa shape index (κ3) is 10.0. The zero-order valence-corrected chi connectivity index (χ0v) is 18.4. The van der Waals surface area contributed by atoms with Gasteiger partial charge in [0.1, 0.15) is 0 Å². The van der Waals surface area contributed by atoms with Gasteiger partial charge < -0.3 is 10.6 Å². The molecule has 0 aromatic heterocycles. The summed E-state index contributed by atoms with van der Waals surface area (Å²) in [7, 11) is -1.96. The minimum absolute atomic E-state index is 0. The van der Waals surface area contributed by atoms with Crippen molar-refractivity contribution in [3.05, 3.63) is 29.8 Å². The molecule has 4 N–H and O–H groups in total. The first-order valence-electron chi connectivity index (χ1n) is 8.45. The molecule has 1 unspecified atom stereocenters. The number of rotatable bonds is 9. The van der Waals surface area contributed by atoms with Crippen molar-refractivity contribution in [1.82, 2.24) is 10.6 Å². The van der Waals surface area contributed by atoms with Gasteiger partial charge >= 0.3 is 0 Å². The molecule has 1 aromatic rings. The molecule has 1 aromatic carbocycles. The van der Waals surface area contributed by atoms with Gasteiger partial charge in [0.2, 0.25) is 10.0 Å².